The Bertz CT molecular complexity index is 943. The fraction of sp³-hybridized carbons (Fsp3) is 0.0526. The predicted molar refractivity (Wildman–Crippen MR) is 88.1 cm³/mol. The van der Waals surface area contributed by atoms with Crippen molar-refractivity contribution in [2.45, 2.75) is 6.42 Å². The van der Waals surface area contributed by atoms with Crippen molar-refractivity contribution in [2.24, 2.45) is 0 Å². The Labute approximate surface area is 133 Å². The van der Waals surface area contributed by atoms with Gasteiger partial charge in [-0.25, -0.2) is 14.4 Å². The molecule has 2 heterocycles. The smallest absolute Gasteiger partial charge is 0.164 e. The molecular weight excluding hydrogens is 289 g/mol. The molecule has 0 spiro atoms. The van der Waals surface area contributed by atoms with E-state index in [4.69, 9.17) is 4.98 Å². The molecule has 0 unspecified atom stereocenters. The van der Waals surface area contributed by atoms with E-state index in [1.54, 1.807) is 18.3 Å². The number of benzene rings is 2. The van der Waals surface area contributed by atoms with Gasteiger partial charge in [-0.2, -0.15) is 0 Å². The van der Waals surface area contributed by atoms with Crippen LogP contribution in [0.2, 0.25) is 0 Å². The van der Waals surface area contributed by atoms with Gasteiger partial charge in [0.15, 0.2) is 5.65 Å². The van der Waals surface area contributed by atoms with Gasteiger partial charge >= 0.3 is 0 Å². The molecule has 112 valence electrons. The summed E-state index contributed by atoms with van der Waals surface area (Å²) in [6.07, 6.45) is 2.44. The van der Waals surface area contributed by atoms with Crippen molar-refractivity contribution < 1.29 is 4.39 Å². The lowest BCUT2D eigenvalue weighted by Gasteiger charge is -2.09. The van der Waals surface area contributed by atoms with Crippen molar-refractivity contribution in [3.8, 4) is 5.69 Å². The number of imidazole rings is 1. The topological polar surface area (TPSA) is 30.7 Å². The summed E-state index contributed by atoms with van der Waals surface area (Å²) >= 11 is 0. The molecule has 0 aliphatic heterocycles. The second-order valence-electron chi connectivity index (χ2n) is 5.35. The van der Waals surface area contributed by atoms with E-state index in [1.807, 2.05) is 34.9 Å². The molecule has 2 aromatic carbocycles. The molecule has 4 rings (SSSR count). The second kappa shape index (κ2) is 5.65. The van der Waals surface area contributed by atoms with E-state index in [0.717, 1.165) is 22.7 Å². The molecule has 0 radical (unpaired) electrons. The zero-order valence-corrected chi connectivity index (χ0v) is 12.4. The van der Waals surface area contributed by atoms with Crippen LogP contribution in [-0.4, -0.2) is 14.5 Å². The van der Waals surface area contributed by atoms with Gasteiger partial charge in [-0.3, -0.25) is 4.57 Å². The van der Waals surface area contributed by atoms with E-state index in [1.165, 1.54) is 17.7 Å². The Morgan fingerprint density at radius 2 is 1.65 bits per heavy atom. The molecule has 0 atom stereocenters. The summed E-state index contributed by atoms with van der Waals surface area (Å²) < 4.78 is 15.2. The average Bonchev–Trinajstić information content (AvgIpc) is 2.94. The van der Waals surface area contributed by atoms with E-state index in [9.17, 15) is 4.39 Å². The first-order chi connectivity index (χ1) is 11.3. The van der Waals surface area contributed by atoms with Crippen molar-refractivity contribution in [2.75, 3.05) is 0 Å². The number of aromatic nitrogens is 3. The highest BCUT2D eigenvalue weighted by atomic mass is 19.1. The molecule has 0 saturated heterocycles. The third-order valence-corrected chi connectivity index (χ3v) is 3.78. The highest BCUT2D eigenvalue weighted by molar-refractivity contribution is 5.73. The number of halogens is 1. The van der Waals surface area contributed by atoms with Crippen molar-refractivity contribution in [1.82, 2.24) is 14.5 Å². The van der Waals surface area contributed by atoms with Crippen LogP contribution >= 0.6 is 0 Å². The summed E-state index contributed by atoms with van der Waals surface area (Å²) in [4.78, 5) is 9.16. The highest BCUT2D eigenvalue weighted by Gasteiger charge is 2.13. The first kappa shape index (κ1) is 13.6. The monoisotopic (exact) mass is 303 g/mol. The van der Waals surface area contributed by atoms with E-state index >= 15 is 0 Å². The number of hydrogen-bond acceptors (Lipinski definition) is 2. The van der Waals surface area contributed by atoms with E-state index < -0.39 is 0 Å². The van der Waals surface area contributed by atoms with Crippen LogP contribution in [0.15, 0.2) is 72.9 Å². The average molecular weight is 303 g/mol. The van der Waals surface area contributed by atoms with Crippen LogP contribution in [0.1, 0.15) is 11.4 Å². The third kappa shape index (κ3) is 2.59. The van der Waals surface area contributed by atoms with Gasteiger partial charge in [-0.1, -0.05) is 30.3 Å². The maximum atomic E-state index is 13.2. The summed E-state index contributed by atoms with van der Waals surface area (Å²) in [5.74, 6) is 0.632. The second-order valence-corrected chi connectivity index (χ2v) is 5.35. The van der Waals surface area contributed by atoms with Crippen molar-refractivity contribution in [3.63, 3.8) is 0 Å². The van der Waals surface area contributed by atoms with E-state index in [0.29, 0.717) is 6.42 Å². The largest absolute Gasteiger partial charge is 0.280 e. The maximum Gasteiger partial charge on any atom is 0.164 e. The van der Waals surface area contributed by atoms with Gasteiger partial charge in [0.2, 0.25) is 0 Å². The van der Waals surface area contributed by atoms with Gasteiger partial charge in [0.1, 0.15) is 17.2 Å². The number of nitrogens with zero attached hydrogens (tertiary/aromatic N) is 3. The fourth-order valence-electron chi connectivity index (χ4n) is 2.72. The van der Waals surface area contributed by atoms with Crippen molar-refractivity contribution in [3.05, 3.63) is 90.1 Å². The number of hydrogen-bond donors (Lipinski definition) is 0. The molecule has 0 fully saturated rings. The lowest BCUT2D eigenvalue weighted by atomic mass is 10.1. The summed E-state index contributed by atoms with van der Waals surface area (Å²) in [5, 5.41) is 0. The highest BCUT2D eigenvalue weighted by Crippen LogP contribution is 2.22. The van der Waals surface area contributed by atoms with Gasteiger partial charge in [-0.05, 0) is 42.0 Å². The fourth-order valence-corrected chi connectivity index (χ4v) is 2.72. The molecule has 0 N–H and O–H groups in total. The standard InChI is InChI=1S/C19H14FN3/c20-15-8-10-16(11-9-15)23-18(13-14-5-2-1-3-6-14)22-17-7-4-12-21-19(17)23/h1-12H,13H2. The van der Waals surface area contributed by atoms with Crippen molar-refractivity contribution >= 4 is 11.2 Å². The zero-order chi connectivity index (χ0) is 15.6. The molecule has 0 bridgehead atoms. The van der Waals surface area contributed by atoms with E-state index in [-0.39, 0.29) is 5.82 Å². The summed E-state index contributed by atoms with van der Waals surface area (Å²) in [6, 6.07) is 20.4. The quantitative estimate of drug-likeness (QED) is 0.569. The Morgan fingerprint density at radius 3 is 2.43 bits per heavy atom. The van der Waals surface area contributed by atoms with Crippen LogP contribution in [-0.2, 0) is 6.42 Å². The lowest BCUT2D eigenvalue weighted by Crippen LogP contribution is -2.03. The van der Waals surface area contributed by atoms with Crippen molar-refractivity contribution in [1.29, 1.82) is 0 Å². The molecule has 0 saturated carbocycles. The first-order valence-electron chi connectivity index (χ1n) is 7.43. The Hall–Kier alpha value is -3.01. The maximum absolute atomic E-state index is 13.2. The van der Waals surface area contributed by atoms with Crippen LogP contribution in [0.3, 0.4) is 0 Å². The molecule has 4 aromatic rings. The first-order valence-corrected chi connectivity index (χ1v) is 7.43. The van der Waals surface area contributed by atoms with Gasteiger partial charge in [-0.15, -0.1) is 0 Å². The van der Waals surface area contributed by atoms with Crippen LogP contribution in [0.25, 0.3) is 16.9 Å². The van der Waals surface area contributed by atoms with Crippen LogP contribution in [0.4, 0.5) is 4.39 Å². The van der Waals surface area contributed by atoms with Gasteiger partial charge in [0, 0.05) is 18.3 Å². The van der Waals surface area contributed by atoms with Gasteiger partial charge in [0.25, 0.3) is 0 Å². The summed E-state index contributed by atoms with van der Waals surface area (Å²) in [5.41, 5.74) is 3.65. The number of pyridine rings is 1. The minimum atomic E-state index is -0.254. The molecule has 4 heteroatoms. The normalized spacial score (nSPS) is 11.0. The minimum absolute atomic E-state index is 0.254. The summed E-state index contributed by atoms with van der Waals surface area (Å²) in [6.45, 7) is 0. The molecule has 0 amide bonds. The molecule has 0 aliphatic rings. The van der Waals surface area contributed by atoms with Crippen LogP contribution in [0, 0.1) is 5.82 Å². The third-order valence-electron chi connectivity index (χ3n) is 3.78. The van der Waals surface area contributed by atoms with Crippen LogP contribution < -0.4 is 0 Å². The molecule has 0 aliphatic carbocycles. The zero-order valence-electron chi connectivity index (χ0n) is 12.4. The van der Waals surface area contributed by atoms with Gasteiger partial charge in [0.05, 0.1) is 0 Å². The lowest BCUT2D eigenvalue weighted by molar-refractivity contribution is 0.627. The number of rotatable bonds is 3. The summed E-state index contributed by atoms with van der Waals surface area (Å²) in [7, 11) is 0. The number of fused-ring (bicyclic) bond motifs is 1. The Kier molecular flexibility index (Phi) is 3.35. The Balaban J connectivity index is 1.89. The van der Waals surface area contributed by atoms with Crippen LogP contribution in [0.5, 0.6) is 0 Å². The van der Waals surface area contributed by atoms with Gasteiger partial charge < -0.3 is 0 Å². The molecular formula is C19H14FN3. The minimum Gasteiger partial charge on any atom is -0.280 e. The molecule has 23 heavy (non-hydrogen) atoms. The molecule has 2 aromatic heterocycles. The van der Waals surface area contributed by atoms with E-state index in [2.05, 4.69) is 17.1 Å². The Morgan fingerprint density at radius 1 is 0.870 bits per heavy atom. The predicted octanol–water partition coefficient (Wildman–Crippen LogP) is 4.15. The molecule has 3 nitrogen and oxygen atoms in total. The SMILES string of the molecule is Fc1ccc(-n2c(Cc3ccccc3)nc3cccnc32)cc1.